The van der Waals surface area contributed by atoms with E-state index in [1.165, 1.54) is 25.1 Å². The summed E-state index contributed by atoms with van der Waals surface area (Å²) in [6, 6.07) is 3.17. The highest BCUT2D eigenvalue weighted by Gasteiger charge is 2.28. The molecule has 0 aliphatic heterocycles. The largest absolute Gasteiger partial charge is 0.336 e. The lowest BCUT2D eigenvalue weighted by atomic mass is 10.2. The van der Waals surface area contributed by atoms with Crippen molar-refractivity contribution in [1.82, 2.24) is 9.88 Å². The SMILES string of the molecule is CC(C)N(CC1CC1)C(=O)c1ccc(=O)[nH]c1. The fraction of sp³-hybridized carbons (Fsp3) is 0.538. The average molecular weight is 234 g/mol. The van der Waals surface area contributed by atoms with Crippen LogP contribution in [0.5, 0.6) is 0 Å². The van der Waals surface area contributed by atoms with E-state index in [0.29, 0.717) is 11.5 Å². The number of aromatic nitrogens is 1. The summed E-state index contributed by atoms with van der Waals surface area (Å²) >= 11 is 0. The van der Waals surface area contributed by atoms with Gasteiger partial charge in [0.2, 0.25) is 5.56 Å². The van der Waals surface area contributed by atoms with E-state index in [4.69, 9.17) is 0 Å². The van der Waals surface area contributed by atoms with Crippen molar-refractivity contribution in [3.63, 3.8) is 0 Å². The molecule has 0 atom stereocenters. The van der Waals surface area contributed by atoms with Crippen LogP contribution in [-0.4, -0.2) is 28.4 Å². The quantitative estimate of drug-likeness (QED) is 0.861. The van der Waals surface area contributed by atoms with Gasteiger partial charge in [-0.2, -0.15) is 0 Å². The summed E-state index contributed by atoms with van der Waals surface area (Å²) in [5.74, 6) is 0.673. The Morgan fingerprint density at radius 2 is 2.18 bits per heavy atom. The Morgan fingerprint density at radius 3 is 2.65 bits per heavy atom. The number of nitrogens with zero attached hydrogens (tertiary/aromatic N) is 1. The Morgan fingerprint density at radius 1 is 1.47 bits per heavy atom. The molecule has 1 aromatic heterocycles. The number of rotatable bonds is 4. The van der Waals surface area contributed by atoms with Gasteiger partial charge >= 0.3 is 0 Å². The first-order valence-corrected chi connectivity index (χ1v) is 6.07. The molecule has 4 nitrogen and oxygen atoms in total. The maximum atomic E-state index is 12.3. The summed E-state index contributed by atoms with van der Waals surface area (Å²) in [6.07, 6.45) is 3.94. The second-order valence-electron chi connectivity index (χ2n) is 4.94. The molecule has 1 aromatic rings. The summed E-state index contributed by atoms with van der Waals surface area (Å²) in [5.41, 5.74) is 0.374. The smallest absolute Gasteiger partial charge is 0.255 e. The average Bonchev–Trinajstić information content (AvgIpc) is 3.09. The fourth-order valence-corrected chi connectivity index (χ4v) is 1.82. The van der Waals surface area contributed by atoms with E-state index in [1.807, 2.05) is 18.7 Å². The summed E-state index contributed by atoms with van der Waals surface area (Å²) < 4.78 is 0. The van der Waals surface area contributed by atoms with Crippen molar-refractivity contribution in [3.8, 4) is 0 Å². The molecule has 0 aromatic carbocycles. The van der Waals surface area contributed by atoms with Crippen LogP contribution in [0, 0.1) is 5.92 Å². The molecule has 1 N–H and O–H groups in total. The third-order valence-electron chi connectivity index (χ3n) is 3.07. The van der Waals surface area contributed by atoms with Gasteiger partial charge in [0.1, 0.15) is 0 Å². The number of aromatic amines is 1. The monoisotopic (exact) mass is 234 g/mol. The van der Waals surface area contributed by atoms with Gasteiger partial charge in [0.15, 0.2) is 0 Å². The topological polar surface area (TPSA) is 53.2 Å². The Kier molecular flexibility index (Phi) is 3.31. The number of carbonyl (C=O) groups excluding carboxylic acids is 1. The minimum atomic E-state index is -0.181. The van der Waals surface area contributed by atoms with Crippen LogP contribution in [0.1, 0.15) is 37.0 Å². The number of carbonyl (C=O) groups is 1. The highest BCUT2D eigenvalue weighted by Crippen LogP contribution is 2.30. The molecule has 0 bridgehead atoms. The molecule has 1 aliphatic carbocycles. The molecule has 0 unspecified atom stereocenters. The van der Waals surface area contributed by atoms with Crippen LogP contribution >= 0.6 is 0 Å². The third-order valence-corrected chi connectivity index (χ3v) is 3.07. The molecule has 92 valence electrons. The van der Waals surface area contributed by atoms with Crippen molar-refractivity contribution in [3.05, 3.63) is 34.2 Å². The molecule has 4 heteroatoms. The van der Waals surface area contributed by atoms with Crippen molar-refractivity contribution in [2.75, 3.05) is 6.54 Å². The molecule has 1 heterocycles. The Bertz CT molecular complexity index is 440. The van der Waals surface area contributed by atoms with Gasteiger partial charge in [-0.25, -0.2) is 0 Å². The Balaban J connectivity index is 2.14. The van der Waals surface area contributed by atoms with Crippen LogP contribution in [0.25, 0.3) is 0 Å². The second-order valence-corrected chi connectivity index (χ2v) is 4.94. The normalized spacial score (nSPS) is 15.0. The van der Waals surface area contributed by atoms with Crippen molar-refractivity contribution in [1.29, 1.82) is 0 Å². The van der Waals surface area contributed by atoms with Gasteiger partial charge in [-0.05, 0) is 38.7 Å². The van der Waals surface area contributed by atoms with E-state index in [-0.39, 0.29) is 17.5 Å². The second kappa shape index (κ2) is 4.73. The number of hydrogen-bond acceptors (Lipinski definition) is 2. The summed E-state index contributed by atoms with van der Waals surface area (Å²) in [4.78, 5) is 27.6. The summed E-state index contributed by atoms with van der Waals surface area (Å²) in [5, 5.41) is 0. The third kappa shape index (κ3) is 2.96. The number of nitrogens with one attached hydrogen (secondary N) is 1. The van der Waals surface area contributed by atoms with Crippen LogP contribution in [-0.2, 0) is 0 Å². The van der Waals surface area contributed by atoms with Gasteiger partial charge in [-0.1, -0.05) is 0 Å². The number of hydrogen-bond donors (Lipinski definition) is 1. The molecule has 1 aliphatic rings. The van der Waals surface area contributed by atoms with Crippen molar-refractivity contribution in [2.45, 2.75) is 32.7 Å². The first-order chi connectivity index (χ1) is 8.08. The minimum Gasteiger partial charge on any atom is -0.336 e. The van der Waals surface area contributed by atoms with Crippen LogP contribution in [0.3, 0.4) is 0 Å². The minimum absolute atomic E-state index is 0.00292. The molecule has 2 rings (SSSR count). The lowest BCUT2D eigenvalue weighted by molar-refractivity contribution is 0.0696. The van der Waals surface area contributed by atoms with E-state index < -0.39 is 0 Å². The molecule has 0 spiro atoms. The highest BCUT2D eigenvalue weighted by atomic mass is 16.2. The Hall–Kier alpha value is -1.58. The predicted molar refractivity (Wildman–Crippen MR) is 66.0 cm³/mol. The zero-order valence-electron chi connectivity index (χ0n) is 10.3. The number of amides is 1. The molecule has 1 fully saturated rings. The Labute approximate surface area is 101 Å². The molecule has 1 amide bonds. The van der Waals surface area contributed by atoms with Gasteiger partial charge in [-0.15, -0.1) is 0 Å². The molecule has 0 radical (unpaired) electrons. The maximum Gasteiger partial charge on any atom is 0.255 e. The highest BCUT2D eigenvalue weighted by molar-refractivity contribution is 5.94. The van der Waals surface area contributed by atoms with Gasteiger partial charge in [0, 0.05) is 24.8 Å². The van der Waals surface area contributed by atoms with Gasteiger partial charge in [-0.3, -0.25) is 9.59 Å². The lowest BCUT2D eigenvalue weighted by Crippen LogP contribution is -2.38. The van der Waals surface area contributed by atoms with Crippen LogP contribution in [0.2, 0.25) is 0 Å². The van der Waals surface area contributed by atoms with Gasteiger partial charge in [0.05, 0.1) is 5.56 Å². The van der Waals surface area contributed by atoms with E-state index >= 15 is 0 Å². The molecular formula is C13H18N2O2. The van der Waals surface area contributed by atoms with Crippen molar-refractivity contribution >= 4 is 5.91 Å². The predicted octanol–water partition coefficient (Wildman–Crippen LogP) is 1.64. The zero-order chi connectivity index (χ0) is 12.4. The van der Waals surface area contributed by atoms with Gasteiger partial charge in [0.25, 0.3) is 5.91 Å². The van der Waals surface area contributed by atoms with E-state index in [9.17, 15) is 9.59 Å². The molecular weight excluding hydrogens is 216 g/mol. The fourth-order valence-electron chi connectivity index (χ4n) is 1.82. The van der Waals surface area contributed by atoms with Crippen LogP contribution in [0.4, 0.5) is 0 Å². The summed E-state index contributed by atoms with van der Waals surface area (Å²) in [6.45, 7) is 4.87. The summed E-state index contributed by atoms with van der Waals surface area (Å²) in [7, 11) is 0. The molecule has 17 heavy (non-hydrogen) atoms. The number of H-pyrrole nitrogens is 1. The maximum absolute atomic E-state index is 12.3. The lowest BCUT2D eigenvalue weighted by Gasteiger charge is -2.26. The zero-order valence-corrected chi connectivity index (χ0v) is 10.3. The first kappa shape index (κ1) is 11.9. The van der Waals surface area contributed by atoms with E-state index in [2.05, 4.69) is 4.98 Å². The first-order valence-electron chi connectivity index (χ1n) is 6.07. The van der Waals surface area contributed by atoms with Crippen molar-refractivity contribution < 1.29 is 4.79 Å². The number of pyridine rings is 1. The molecule has 1 saturated carbocycles. The van der Waals surface area contributed by atoms with E-state index in [1.54, 1.807) is 6.07 Å². The molecule has 0 saturated heterocycles. The van der Waals surface area contributed by atoms with Crippen molar-refractivity contribution in [2.24, 2.45) is 5.92 Å². The van der Waals surface area contributed by atoms with E-state index in [0.717, 1.165) is 6.54 Å². The standard InChI is InChI=1S/C13H18N2O2/c1-9(2)15(8-10-3-4-10)13(17)11-5-6-12(16)14-7-11/h5-7,9-10H,3-4,8H2,1-2H3,(H,14,16). The van der Waals surface area contributed by atoms with Crippen LogP contribution in [0.15, 0.2) is 23.1 Å². The van der Waals surface area contributed by atoms with Crippen LogP contribution < -0.4 is 5.56 Å². The van der Waals surface area contributed by atoms with Gasteiger partial charge < -0.3 is 9.88 Å².